The Balaban J connectivity index is 1.96. The number of anilines is 1. The number of carbonyl (C=O) groups is 1. The van der Waals surface area contributed by atoms with E-state index < -0.39 is 0 Å². The predicted octanol–water partition coefficient (Wildman–Crippen LogP) is 3.32. The average molecular weight is 348 g/mol. The Kier molecular flexibility index (Phi) is 6.52. The number of aliphatic hydroxyl groups is 1. The van der Waals surface area contributed by atoms with Gasteiger partial charge in [0.15, 0.2) is 0 Å². The zero-order chi connectivity index (χ0) is 18.3. The van der Waals surface area contributed by atoms with Crippen LogP contribution in [-0.4, -0.2) is 34.1 Å². The molecule has 2 aromatic rings. The molecule has 6 nitrogen and oxygen atoms in total. The highest BCUT2D eigenvalue weighted by Crippen LogP contribution is 2.29. The van der Waals surface area contributed by atoms with Gasteiger partial charge in [-0.05, 0) is 36.8 Å². The Labute approximate surface area is 147 Å². The van der Waals surface area contributed by atoms with Gasteiger partial charge in [0.2, 0.25) is 0 Å². The van der Waals surface area contributed by atoms with Crippen LogP contribution < -0.4 is 10.6 Å². The highest BCUT2D eigenvalue weighted by Gasteiger charge is 2.26. The number of halogens is 1. The molecule has 0 aliphatic heterocycles. The summed E-state index contributed by atoms with van der Waals surface area (Å²) in [7, 11) is 0. The van der Waals surface area contributed by atoms with E-state index in [2.05, 4.69) is 29.6 Å². The Morgan fingerprint density at radius 2 is 2.04 bits per heavy atom. The molecule has 7 heteroatoms. The minimum atomic E-state index is -0.388. The smallest absolute Gasteiger partial charge is 0.319 e. The molecule has 0 unspecified atom stereocenters. The number of aromatic nitrogens is 2. The average Bonchev–Trinajstić information content (AvgIpc) is 3.07. The standard InChI is InChI=1S/C18H25FN4O2/c1-3-18(4-2,9-10-24)13-20-17(25)22-14-11-21-23(12-14)16-8-6-5-7-15(16)19/h5-8,11-12,24H,3-4,9-10,13H2,1-2H3,(H2,20,22,25). The van der Waals surface area contributed by atoms with Crippen molar-refractivity contribution in [1.29, 1.82) is 0 Å². The van der Waals surface area contributed by atoms with Crippen molar-refractivity contribution in [3.63, 3.8) is 0 Å². The van der Waals surface area contributed by atoms with E-state index in [1.54, 1.807) is 24.4 Å². The molecule has 3 N–H and O–H groups in total. The molecular weight excluding hydrogens is 323 g/mol. The van der Waals surface area contributed by atoms with Gasteiger partial charge >= 0.3 is 6.03 Å². The third kappa shape index (κ3) is 4.79. The van der Waals surface area contributed by atoms with E-state index in [1.807, 2.05) is 0 Å². The van der Waals surface area contributed by atoms with E-state index in [4.69, 9.17) is 0 Å². The molecule has 0 saturated carbocycles. The van der Waals surface area contributed by atoms with Crippen molar-refractivity contribution in [1.82, 2.24) is 15.1 Å². The van der Waals surface area contributed by atoms with Gasteiger partial charge in [0.25, 0.3) is 0 Å². The minimum Gasteiger partial charge on any atom is -0.396 e. The number of amides is 2. The van der Waals surface area contributed by atoms with Crippen molar-refractivity contribution in [3.05, 3.63) is 42.5 Å². The van der Waals surface area contributed by atoms with Crippen LogP contribution >= 0.6 is 0 Å². The minimum absolute atomic E-state index is 0.0976. The van der Waals surface area contributed by atoms with Crippen LogP contribution in [0.5, 0.6) is 0 Å². The van der Waals surface area contributed by atoms with Crippen molar-refractivity contribution in [2.75, 3.05) is 18.5 Å². The molecular formula is C18H25FN4O2. The molecule has 0 atom stereocenters. The van der Waals surface area contributed by atoms with Gasteiger partial charge in [0.1, 0.15) is 11.5 Å². The highest BCUT2D eigenvalue weighted by atomic mass is 19.1. The van der Waals surface area contributed by atoms with Gasteiger partial charge in [0, 0.05) is 13.2 Å². The van der Waals surface area contributed by atoms with Gasteiger partial charge in [-0.1, -0.05) is 26.0 Å². The van der Waals surface area contributed by atoms with Crippen molar-refractivity contribution in [2.24, 2.45) is 5.41 Å². The SMILES string of the molecule is CCC(CC)(CCO)CNC(=O)Nc1cnn(-c2ccccc2F)c1. The molecule has 0 saturated heterocycles. The normalized spacial score (nSPS) is 11.4. The molecule has 0 aliphatic rings. The number of para-hydroxylation sites is 1. The lowest BCUT2D eigenvalue weighted by Crippen LogP contribution is -2.39. The summed E-state index contributed by atoms with van der Waals surface area (Å²) in [6.07, 6.45) is 5.40. The second kappa shape index (κ2) is 8.62. The van der Waals surface area contributed by atoms with E-state index >= 15 is 0 Å². The second-order valence-corrected chi connectivity index (χ2v) is 6.11. The third-order valence-corrected chi connectivity index (χ3v) is 4.71. The molecule has 136 valence electrons. The molecule has 1 aromatic carbocycles. The van der Waals surface area contributed by atoms with Crippen LogP contribution in [0.3, 0.4) is 0 Å². The predicted molar refractivity (Wildman–Crippen MR) is 95.3 cm³/mol. The van der Waals surface area contributed by atoms with Crippen LogP contribution in [0.25, 0.3) is 5.69 Å². The first-order chi connectivity index (χ1) is 12.0. The van der Waals surface area contributed by atoms with Crippen LogP contribution in [-0.2, 0) is 0 Å². The van der Waals surface area contributed by atoms with E-state index in [0.29, 0.717) is 24.3 Å². The van der Waals surface area contributed by atoms with E-state index in [1.165, 1.54) is 16.9 Å². The van der Waals surface area contributed by atoms with Crippen molar-refractivity contribution < 1.29 is 14.3 Å². The number of rotatable bonds is 8. The molecule has 0 bridgehead atoms. The first-order valence-corrected chi connectivity index (χ1v) is 8.49. The van der Waals surface area contributed by atoms with Crippen LogP contribution in [0.1, 0.15) is 33.1 Å². The molecule has 2 amide bonds. The topological polar surface area (TPSA) is 79.2 Å². The van der Waals surface area contributed by atoms with Crippen LogP contribution in [0.2, 0.25) is 0 Å². The number of aliphatic hydroxyl groups excluding tert-OH is 1. The summed E-state index contributed by atoms with van der Waals surface area (Å²) in [5.74, 6) is -0.388. The lowest BCUT2D eigenvalue weighted by Gasteiger charge is -2.31. The Morgan fingerprint density at radius 1 is 1.32 bits per heavy atom. The van der Waals surface area contributed by atoms with Crippen LogP contribution in [0.15, 0.2) is 36.7 Å². The number of nitrogens with zero attached hydrogens (tertiary/aromatic N) is 2. The van der Waals surface area contributed by atoms with Crippen LogP contribution in [0.4, 0.5) is 14.9 Å². The molecule has 2 rings (SSSR count). The summed E-state index contributed by atoms with van der Waals surface area (Å²) in [5.41, 5.74) is 0.681. The summed E-state index contributed by atoms with van der Waals surface area (Å²) in [6, 6.07) is 5.94. The van der Waals surface area contributed by atoms with Gasteiger partial charge in [-0.3, -0.25) is 0 Å². The number of urea groups is 1. The van der Waals surface area contributed by atoms with Gasteiger partial charge in [-0.2, -0.15) is 5.10 Å². The van der Waals surface area contributed by atoms with Crippen molar-refractivity contribution in [2.45, 2.75) is 33.1 Å². The zero-order valence-corrected chi connectivity index (χ0v) is 14.6. The fourth-order valence-electron chi connectivity index (χ4n) is 2.78. The van der Waals surface area contributed by atoms with Gasteiger partial charge in [-0.15, -0.1) is 0 Å². The number of hydrogen-bond donors (Lipinski definition) is 3. The molecule has 25 heavy (non-hydrogen) atoms. The third-order valence-electron chi connectivity index (χ3n) is 4.71. The van der Waals surface area contributed by atoms with Gasteiger partial charge < -0.3 is 15.7 Å². The maximum Gasteiger partial charge on any atom is 0.319 e. The molecule has 0 fully saturated rings. The Bertz CT molecular complexity index is 698. The Hall–Kier alpha value is -2.41. The van der Waals surface area contributed by atoms with Crippen molar-refractivity contribution >= 4 is 11.7 Å². The second-order valence-electron chi connectivity index (χ2n) is 6.11. The first-order valence-electron chi connectivity index (χ1n) is 8.49. The summed E-state index contributed by atoms with van der Waals surface area (Å²) >= 11 is 0. The fourth-order valence-corrected chi connectivity index (χ4v) is 2.78. The monoisotopic (exact) mass is 348 g/mol. The summed E-state index contributed by atoms with van der Waals surface area (Å²) in [6.45, 7) is 4.68. The number of nitrogens with one attached hydrogen (secondary N) is 2. The summed E-state index contributed by atoms with van der Waals surface area (Å²) in [4.78, 5) is 12.1. The quantitative estimate of drug-likeness (QED) is 0.685. The first kappa shape index (κ1) is 18.9. The molecule has 0 radical (unpaired) electrons. The molecule has 1 aromatic heterocycles. The maximum atomic E-state index is 13.8. The van der Waals surface area contributed by atoms with Crippen molar-refractivity contribution in [3.8, 4) is 5.69 Å². The highest BCUT2D eigenvalue weighted by molar-refractivity contribution is 5.88. The zero-order valence-electron chi connectivity index (χ0n) is 14.6. The van der Waals surface area contributed by atoms with E-state index in [9.17, 15) is 14.3 Å². The molecule has 1 heterocycles. The lowest BCUT2D eigenvalue weighted by molar-refractivity contribution is 0.165. The fraction of sp³-hybridized carbons (Fsp3) is 0.444. The summed E-state index contributed by atoms with van der Waals surface area (Å²) in [5, 5.41) is 18.8. The Morgan fingerprint density at radius 3 is 2.68 bits per heavy atom. The summed E-state index contributed by atoms with van der Waals surface area (Å²) < 4.78 is 15.1. The number of hydrogen-bond acceptors (Lipinski definition) is 3. The largest absolute Gasteiger partial charge is 0.396 e. The van der Waals surface area contributed by atoms with E-state index in [-0.39, 0.29) is 23.9 Å². The van der Waals surface area contributed by atoms with E-state index in [0.717, 1.165) is 12.8 Å². The van der Waals surface area contributed by atoms with Gasteiger partial charge in [-0.25, -0.2) is 13.9 Å². The molecule has 0 aliphatic carbocycles. The number of carbonyl (C=O) groups excluding carboxylic acids is 1. The lowest BCUT2D eigenvalue weighted by atomic mass is 9.79. The van der Waals surface area contributed by atoms with Gasteiger partial charge in [0.05, 0.1) is 18.1 Å². The number of benzene rings is 1. The van der Waals surface area contributed by atoms with Crippen LogP contribution in [0, 0.1) is 11.2 Å². The molecule has 0 spiro atoms. The maximum absolute atomic E-state index is 13.8.